The maximum absolute atomic E-state index is 9.81. The first kappa shape index (κ1) is 15.9. The van der Waals surface area contributed by atoms with Gasteiger partial charge in [-0.1, -0.05) is 33.1 Å². The van der Waals surface area contributed by atoms with E-state index in [0.717, 1.165) is 38.4 Å². The zero-order valence-electron chi connectivity index (χ0n) is 12.2. The average molecular weight is 257 g/mol. The second kappa shape index (κ2) is 8.13. The zero-order chi connectivity index (χ0) is 13.4. The summed E-state index contributed by atoms with van der Waals surface area (Å²) >= 11 is 0. The van der Waals surface area contributed by atoms with Gasteiger partial charge in [-0.25, -0.2) is 0 Å². The minimum atomic E-state index is 0.0839. The Morgan fingerprint density at radius 1 is 1.28 bits per heavy atom. The number of hydrogen-bond donors (Lipinski definition) is 2. The molecule has 2 atom stereocenters. The second-order valence-electron chi connectivity index (χ2n) is 6.21. The van der Waals surface area contributed by atoms with E-state index in [-0.39, 0.29) is 12.0 Å². The average Bonchev–Trinajstić information content (AvgIpc) is 2.36. The van der Waals surface area contributed by atoms with Gasteiger partial charge in [-0.15, -0.1) is 0 Å². The van der Waals surface area contributed by atoms with Crippen molar-refractivity contribution in [2.45, 2.75) is 52.4 Å². The van der Waals surface area contributed by atoms with Gasteiger partial charge < -0.3 is 15.1 Å². The molecule has 0 aliphatic heterocycles. The fraction of sp³-hybridized carbons (Fsp3) is 1.00. The Morgan fingerprint density at radius 3 is 2.61 bits per heavy atom. The number of aliphatic hydroxyl groups excluding tert-OH is 2. The van der Waals surface area contributed by atoms with E-state index in [1.165, 1.54) is 25.7 Å². The van der Waals surface area contributed by atoms with Crippen LogP contribution in [0.15, 0.2) is 0 Å². The van der Waals surface area contributed by atoms with Gasteiger partial charge in [0, 0.05) is 25.1 Å². The van der Waals surface area contributed by atoms with Crippen molar-refractivity contribution in [1.29, 1.82) is 0 Å². The molecule has 1 aliphatic rings. The first-order valence-electron chi connectivity index (χ1n) is 7.60. The van der Waals surface area contributed by atoms with Crippen LogP contribution in [0.25, 0.3) is 0 Å². The minimum Gasteiger partial charge on any atom is -0.396 e. The number of hydrogen-bond acceptors (Lipinski definition) is 3. The summed E-state index contributed by atoms with van der Waals surface area (Å²) in [5.41, 5.74) is 0.0839. The molecule has 0 spiro atoms. The molecule has 0 heterocycles. The maximum Gasteiger partial charge on any atom is 0.0558 e. The Bertz CT molecular complexity index is 223. The normalized spacial score (nSPS) is 28.8. The van der Waals surface area contributed by atoms with Crippen molar-refractivity contribution >= 4 is 0 Å². The van der Waals surface area contributed by atoms with Gasteiger partial charge in [-0.3, -0.25) is 0 Å². The first-order chi connectivity index (χ1) is 8.65. The topological polar surface area (TPSA) is 43.7 Å². The Kier molecular flexibility index (Phi) is 7.20. The molecule has 0 radical (unpaired) electrons. The van der Waals surface area contributed by atoms with Crippen molar-refractivity contribution in [3.05, 3.63) is 0 Å². The third kappa shape index (κ3) is 4.87. The van der Waals surface area contributed by atoms with Gasteiger partial charge in [-0.05, 0) is 31.7 Å². The van der Waals surface area contributed by atoms with Gasteiger partial charge in [0.2, 0.25) is 0 Å². The molecule has 0 aromatic rings. The molecule has 1 saturated carbocycles. The summed E-state index contributed by atoms with van der Waals surface area (Å²) in [6.07, 6.45) is 7.18. The molecule has 0 saturated heterocycles. The molecular weight excluding hydrogens is 226 g/mol. The quantitative estimate of drug-likeness (QED) is 0.701. The van der Waals surface area contributed by atoms with Crippen molar-refractivity contribution in [3.8, 4) is 0 Å². The van der Waals surface area contributed by atoms with Crippen molar-refractivity contribution < 1.29 is 10.2 Å². The standard InChI is InChI=1S/C15H31NO2/c1-3-4-8-16(9-10-17)12-15(13-18)7-5-6-14(2)11-15/h14,17-18H,3-13H2,1-2H3. The highest BCUT2D eigenvalue weighted by molar-refractivity contribution is 4.87. The molecule has 1 rings (SSSR count). The first-order valence-corrected chi connectivity index (χ1v) is 7.60. The van der Waals surface area contributed by atoms with Crippen molar-refractivity contribution in [2.24, 2.45) is 11.3 Å². The fourth-order valence-electron chi connectivity index (χ4n) is 3.37. The number of aliphatic hydroxyl groups is 2. The van der Waals surface area contributed by atoms with E-state index in [9.17, 15) is 5.11 Å². The van der Waals surface area contributed by atoms with Gasteiger partial charge in [-0.2, -0.15) is 0 Å². The van der Waals surface area contributed by atoms with E-state index in [0.29, 0.717) is 6.61 Å². The Balaban J connectivity index is 2.56. The lowest BCUT2D eigenvalue weighted by molar-refractivity contribution is 0.0191. The molecule has 0 aromatic carbocycles. The third-order valence-electron chi connectivity index (χ3n) is 4.32. The van der Waals surface area contributed by atoms with E-state index >= 15 is 0 Å². The van der Waals surface area contributed by atoms with Crippen LogP contribution in [0.4, 0.5) is 0 Å². The molecular formula is C15H31NO2. The van der Waals surface area contributed by atoms with Gasteiger partial charge in [0.05, 0.1) is 6.61 Å². The number of nitrogens with zero attached hydrogens (tertiary/aromatic N) is 1. The molecule has 108 valence electrons. The Labute approximate surface area is 112 Å². The van der Waals surface area contributed by atoms with E-state index < -0.39 is 0 Å². The predicted octanol–water partition coefficient (Wildman–Crippen LogP) is 2.27. The molecule has 0 amide bonds. The van der Waals surface area contributed by atoms with Crippen LogP contribution < -0.4 is 0 Å². The van der Waals surface area contributed by atoms with Crippen LogP contribution in [0.5, 0.6) is 0 Å². The highest BCUT2D eigenvalue weighted by Gasteiger charge is 2.35. The van der Waals surface area contributed by atoms with Gasteiger partial charge in [0.1, 0.15) is 0 Å². The Hall–Kier alpha value is -0.120. The van der Waals surface area contributed by atoms with E-state index in [2.05, 4.69) is 18.7 Å². The van der Waals surface area contributed by atoms with Crippen molar-refractivity contribution in [3.63, 3.8) is 0 Å². The molecule has 1 aliphatic carbocycles. The number of unbranched alkanes of at least 4 members (excludes halogenated alkanes) is 1. The molecule has 2 unspecified atom stereocenters. The molecule has 2 N–H and O–H groups in total. The van der Waals surface area contributed by atoms with E-state index in [4.69, 9.17) is 5.11 Å². The summed E-state index contributed by atoms with van der Waals surface area (Å²) in [6.45, 7) is 7.76. The zero-order valence-corrected chi connectivity index (χ0v) is 12.2. The molecule has 3 nitrogen and oxygen atoms in total. The van der Waals surface area contributed by atoms with Crippen LogP contribution in [-0.4, -0.2) is 48.0 Å². The van der Waals surface area contributed by atoms with Crippen LogP contribution in [0.3, 0.4) is 0 Å². The van der Waals surface area contributed by atoms with Crippen LogP contribution in [0.1, 0.15) is 52.4 Å². The summed E-state index contributed by atoms with van der Waals surface area (Å²) in [6, 6.07) is 0. The van der Waals surface area contributed by atoms with Gasteiger partial charge in [0.15, 0.2) is 0 Å². The smallest absolute Gasteiger partial charge is 0.0558 e. The predicted molar refractivity (Wildman–Crippen MR) is 75.6 cm³/mol. The summed E-state index contributed by atoms with van der Waals surface area (Å²) in [4.78, 5) is 2.35. The van der Waals surface area contributed by atoms with Crippen LogP contribution in [0, 0.1) is 11.3 Å². The lowest BCUT2D eigenvalue weighted by Gasteiger charge is -2.42. The summed E-state index contributed by atoms with van der Waals surface area (Å²) in [7, 11) is 0. The molecule has 0 bridgehead atoms. The van der Waals surface area contributed by atoms with Crippen molar-refractivity contribution in [2.75, 3.05) is 32.8 Å². The molecule has 1 fully saturated rings. The monoisotopic (exact) mass is 257 g/mol. The van der Waals surface area contributed by atoms with E-state index in [1.807, 2.05) is 0 Å². The molecule has 18 heavy (non-hydrogen) atoms. The van der Waals surface area contributed by atoms with E-state index in [1.54, 1.807) is 0 Å². The number of rotatable bonds is 8. The lowest BCUT2D eigenvalue weighted by atomic mass is 9.70. The molecule has 0 aromatic heterocycles. The summed E-state index contributed by atoms with van der Waals surface area (Å²) in [5.74, 6) is 0.730. The molecule has 3 heteroatoms. The van der Waals surface area contributed by atoms with Crippen LogP contribution in [-0.2, 0) is 0 Å². The SMILES string of the molecule is CCCCN(CCO)CC1(CO)CCCC(C)C1. The summed E-state index contributed by atoms with van der Waals surface area (Å²) < 4.78 is 0. The lowest BCUT2D eigenvalue weighted by Crippen LogP contribution is -2.44. The minimum absolute atomic E-state index is 0.0839. The third-order valence-corrected chi connectivity index (χ3v) is 4.32. The Morgan fingerprint density at radius 2 is 2.06 bits per heavy atom. The van der Waals surface area contributed by atoms with Crippen LogP contribution in [0.2, 0.25) is 0 Å². The van der Waals surface area contributed by atoms with Gasteiger partial charge in [0.25, 0.3) is 0 Å². The maximum atomic E-state index is 9.81. The highest BCUT2D eigenvalue weighted by Crippen LogP contribution is 2.39. The highest BCUT2D eigenvalue weighted by atomic mass is 16.3. The van der Waals surface area contributed by atoms with Crippen molar-refractivity contribution in [1.82, 2.24) is 4.90 Å². The largest absolute Gasteiger partial charge is 0.396 e. The fourth-order valence-corrected chi connectivity index (χ4v) is 3.37. The van der Waals surface area contributed by atoms with Gasteiger partial charge >= 0.3 is 0 Å². The summed E-state index contributed by atoms with van der Waals surface area (Å²) in [5, 5.41) is 19.0. The van der Waals surface area contributed by atoms with Crippen LogP contribution >= 0.6 is 0 Å². The second-order valence-corrected chi connectivity index (χ2v) is 6.21.